The standard InChI is InChI=1S/C24H26N4O5/c1-14-6-8-17(12-18(14)25-15(2)29)22(30)26-19-11-16(7-9-21(19)33-3)13-28-23(31)20-5-4-10-27(20)24(28)32/h6-9,11-12,20H,4-5,10,13H2,1-3H3,(H,25,29)(H,26,30). The first kappa shape index (κ1) is 22.3. The summed E-state index contributed by atoms with van der Waals surface area (Å²) >= 11 is 0. The number of nitrogens with one attached hydrogen (secondary N) is 2. The van der Waals surface area contributed by atoms with E-state index in [0.717, 1.165) is 12.0 Å². The molecule has 4 rings (SSSR count). The zero-order chi connectivity index (χ0) is 23.7. The normalized spacial score (nSPS) is 17.2. The number of hydrogen-bond acceptors (Lipinski definition) is 5. The number of fused-ring (bicyclic) bond motifs is 1. The van der Waals surface area contributed by atoms with Gasteiger partial charge in [-0.15, -0.1) is 0 Å². The molecule has 2 aliphatic rings. The highest BCUT2D eigenvalue weighted by molar-refractivity contribution is 6.06. The molecule has 5 amide bonds. The molecule has 33 heavy (non-hydrogen) atoms. The number of methoxy groups -OCH3 is 1. The quantitative estimate of drug-likeness (QED) is 0.658. The smallest absolute Gasteiger partial charge is 0.327 e. The molecule has 9 heteroatoms. The van der Waals surface area contributed by atoms with Gasteiger partial charge < -0.3 is 20.3 Å². The summed E-state index contributed by atoms with van der Waals surface area (Å²) in [6.45, 7) is 3.97. The van der Waals surface area contributed by atoms with E-state index >= 15 is 0 Å². The largest absolute Gasteiger partial charge is 0.495 e. The molecule has 0 radical (unpaired) electrons. The minimum atomic E-state index is -0.383. The number of carbonyl (C=O) groups excluding carboxylic acids is 4. The van der Waals surface area contributed by atoms with Crippen molar-refractivity contribution in [2.75, 3.05) is 24.3 Å². The molecule has 0 spiro atoms. The first-order chi connectivity index (χ1) is 15.8. The van der Waals surface area contributed by atoms with Crippen molar-refractivity contribution in [1.82, 2.24) is 9.80 Å². The molecule has 2 N–H and O–H groups in total. The Bertz CT molecular complexity index is 1120. The second-order valence-electron chi connectivity index (χ2n) is 8.26. The fraction of sp³-hybridized carbons (Fsp3) is 0.333. The molecule has 0 bridgehead atoms. The van der Waals surface area contributed by atoms with Gasteiger partial charge >= 0.3 is 6.03 Å². The maximum absolute atomic E-state index is 12.9. The molecule has 0 aromatic heterocycles. The number of rotatable bonds is 6. The van der Waals surface area contributed by atoms with Crippen LogP contribution in [-0.4, -0.2) is 53.2 Å². The number of ether oxygens (including phenoxy) is 1. The minimum Gasteiger partial charge on any atom is -0.495 e. The van der Waals surface area contributed by atoms with Gasteiger partial charge in [0.25, 0.3) is 11.8 Å². The Morgan fingerprint density at radius 2 is 1.88 bits per heavy atom. The highest BCUT2D eigenvalue weighted by Gasteiger charge is 2.47. The van der Waals surface area contributed by atoms with Crippen molar-refractivity contribution in [3.63, 3.8) is 0 Å². The van der Waals surface area contributed by atoms with Crippen LogP contribution in [0.3, 0.4) is 0 Å². The maximum atomic E-state index is 12.9. The zero-order valence-corrected chi connectivity index (χ0v) is 18.8. The summed E-state index contributed by atoms with van der Waals surface area (Å²) in [6, 6.07) is 9.56. The zero-order valence-electron chi connectivity index (χ0n) is 18.8. The second-order valence-corrected chi connectivity index (χ2v) is 8.26. The lowest BCUT2D eigenvalue weighted by Gasteiger charge is -2.17. The molecule has 9 nitrogen and oxygen atoms in total. The Morgan fingerprint density at radius 1 is 1.09 bits per heavy atom. The summed E-state index contributed by atoms with van der Waals surface area (Å²) in [7, 11) is 1.49. The predicted octanol–water partition coefficient (Wildman–Crippen LogP) is 3.14. The van der Waals surface area contributed by atoms with Gasteiger partial charge in [-0.25, -0.2) is 4.79 Å². The Kier molecular flexibility index (Phi) is 6.04. The SMILES string of the molecule is COc1ccc(CN2C(=O)C3CCCN3C2=O)cc1NC(=O)c1ccc(C)c(NC(C)=O)c1. The lowest BCUT2D eigenvalue weighted by atomic mass is 10.1. The third-order valence-corrected chi connectivity index (χ3v) is 5.94. The van der Waals surface area contributed by atoms with Crippen molar-refractivity contribution in [2.45, 2.75) is 39.3 Å². The van der Waals surface area contributed by atoms with Crippen molar-refractivity contribution in [3.05, 3.63) is 53.1 Å². The number of aryl methyl sites for hydroxylation is 1. The van der Waals surface area contributed by atoms with Crippen LogP contribution in [0, 0.1) is 6.92 Å². The minimum absolute atomic E-state index is 0.120. The average molecular weight is 450 g/mol. The predicted molar refractivity (Wildman–Crippen MR) is 122 cm³/mol. The van der Waals surface area contributed by atoms with E-state index in [0.29, 0.717) is 41.2 Å². The molecule has 2 aromatic rings. The van der Waals surface area contributed by atoms with Crippen LogP contribution in [0.5, 0.6) is 5.75 Å². The van der Waals surface area contributed by atoms with E-state index in [1.807, 2.05) is 6.92 Å². The molecule has 2 aliphatic heterocycles. The van der Waals surface area contributed by atoms with Crippen molar-refractivity contribution in [3.8, 4) is 5.75 Å². The van der Waals surface area contributed by atoms with E-state index in [1.165, 1.54) is 18.9 Å². The van der Waals surface area contributed by atoms with Crippen LogP contribution >= 0.6 is 0 Å². The summed E-state index contributed by atoms with van der Waals surface area (Å²) in [4.78, 5) is 52.5. The summed E-state index contributed by atoms with van der Waals surface area (Å²) in [5.41, 5.74) is 2.87. The molecule has 2 heterocycles. The Morgan fingerprint density at radius 3 is 2.58 bits per heavy atom. The van der Waals surface area contributed by atoms with E-state index in [1.54, 1.807) is 41.3 Å². The summed E-state index contributed by atoms with van der Waals surface area (Å²) < 4.78 is 5.38. The molecule has 1 unspecified atom stereocenters. The van der Waals surface area contributed by atoms with E-state index < -0.39 is 0 Å². The molecule has 0 aliphatic carbocycles. The molecule has 2 fully saturated rings. The van der Waals surface area contributed by atoms with E-state index in [9.17, 15) is 19.2 Å². The third kappa shape index (κ3) is 4.39. The number of amides is 5. The lowest BCUT2D eigenvalue weighted by molar-refractivity contribution is -0.128. The van der Waals surface area contributed by atoms with E-state index in [4.69, 9.17) is 4.74 Å². The number of urea groups is 1. The number of benzene rings is 2. The number of hydrogen-bond donors (Lipinski definition) is 2. The highest BCUT2D eigenvalue weighted by Crippen LogP contribution is 2.31. The van der Waals surface area contributed by atoms with Gasteiger partial charge in [-0.1, -0.05) is 12.1 Å². The molecule has 2 aromatic carbocycles. The fourth-order valence-electron chi connectivity index (χ4n) is 4.24. The van der Waals surface area contributed by atoms with Gasteiger partial charge in [-0.2, -0.15) is 0 Å². The fourth-order valence-corrected chi connectivity index (χ4v) is 4.24. The summed E-state index contributed by atoms with van der Waals surface area (Å²) in [6.07, 6.45) is 1.54. The van der Waals surface area contributed by atoms with Gasteiger partial charge in [0, 0.05) is 24.7 Å². The number of anilines is 2. The Labute approximate surface area is 191 Å². The molecule has 1 atom stereocenters. The number of carbonyl (C=O) groups is 4. The van der Waals surface area contributed by atoms with Crippen molar-refractivity contribution >= 4 is 35.1 Å². The molecule has 2 saturated heterocycles. The Hall–Kier alpha value is -3.88. The molecular formula is C24H26N4O5. The van der Waals surface area contributed by atoms with Crippen LogP contribution in [0.4, 0.5) is 16.2 Å². The summed E-state index contributed by atoms with van der Waals surface area (Å²) in [5, 5.41) is 5.54. The van der Waals surface area contributed by atoms with Crippen LogP contribution < -0.4 is 15.4 Å². The Balaban J connectivity index is 1.54. The van der Waals surface area contributed by atoms with Crippen molar-refractivity contribution in [1.29, 1.82) is 0 Å². The monoisotopic (exact) mass is 450 g/mol. The van der Waals surface area contributed by atoms with Crippen molar-refractivity contribution < 1.29 is 23.9 Å². The van der Waals surface area contributed by atoms with Gasteiger partial charge in [0.15, 0.2) is 0 Å². The van der Waals surface area contributed by atoms with Crippen LogP contribution in [0.15, 0.2) is 36.4 Å². The average Bonchev–Trinajstić information content (AvgIpc) is 3.35. The van der Waals surface area contributed by atoms with Gasteiger partial charge in [0.05, 0.1) is 19.3 Å². The van der Waals surface area contributed by atoms with Gasteiger partial charge in [0.2, 0.25) is 5.91 Å². The van der Waals surface area contributed by atoms with Gasteiger partial charge in [-0.3, -0.25) is 19.3 Å². The number of nitrogens with zero attached hydrogens (tertiary/aromatic N) is 2. The lowest BCUT2D eigenvalue weighted by Crippen LogP contribution is -2.32. The molecule has 0 saturated carbocycles. The van der Waals surface area contributed by atoms with E-state index in [-0.39, 0.29) is 36.3 Å². The maximum Gasteiger partial charge on any atom is 0.327 e. The highest BCUT2D eigenvalue weighted by atomic mass is 16.5. The van der Waals surface area contributed by atoms with Crippen LogP contribution in [0.2, 0.25) is 0 Å². The summed E-state index contributed by atoms with van der Waals surface area (Å²) in [5.74, 6) is -0.340. The van der Waals surface area contributed by atoms with Gasteiger partial charge in [0.1, 0.15) is 11.8 Å². The molecular weight excluding hydrogens is 424 g/mol. The van der Waals surface area contributed by atoms with E-state index in [2.05, 4.69) is 10.6 Å². The van der Waals surface area contributed by atoms with Crippen molar-refractivity contribution in [2.24, 2.45) is 0 Å². The third-order valence-electron chi connectivity index (χ3n) is 5.94. The van der Waals surface area contributed by atoms with Crippen LogP contribution in [0.25, 0.3) is 0 Å². The first-order valence-corrected chi connectivity index (χ1v) is 10.8. The second kappa shape index (κ2) is 8.93. The first-order valence-electron chi connectivity index (χ1n) is 10.8. The topological polar surface area (TPSA) is 108 Å². The molecule has 172 valence electrons. The van der Waals surface area contributed by atoms with Crippen LogP contribution in [-0.2, 0) is 16.1 Å². The number of imide groups is 1. The van der Waals surface area contributed by atoms with Crippen LogP contribution in [0.1, 0.15) is 41.3 Å². The van der Waals surface area contributed by atoms with Gasteiger partial charge in [-0.05, 0) is 55.2 Å².